The molecular formula is C16H23N5O3S. The van der Waals surface area contributed by atoms with Crippen LogP contribution in [0.5, 0.6) is 0 Å². The lowest BCUT2D eigenvalue weighted by Gasteiger charge is -2.33. The van der Waals surface area contributed by atoms with Gasteiger partial charge in [-0.25, -0.2) is 8.42 Å². The summed E-state index contributed by atoms with van der Waals surface area (Å²) >= 11 is 0. The molecule has 8 nitrogen and oxygen atoms in total. The predicted octanol–water partition coefficient (Wildman–Crippen LogP) is 0.902. The van der Waals surface area contributed by atoms with E-state index >= 15 is 0 Å². The first kappa shape index (κ1) is 17.8. The summed E-state index contributed by atoms with van der Waals surface area (Å²) < 4.78 is 27.0. The van der Waals surface area contributed by atoms with Crippen LogP contribution in [-0.4, -0.2) is 58.8 Å². The highest BCUT2D eigenvalue weighted by atomic mass is 32.2. The number of piperidine rings is 1. The molecule has 1 atom stereocenters. The molecule has 0 aliphatic carbocycles. The van der Waals surface area contributed by atoms with E-state index in [0.717, 1.165) is 30.3 Å². The highest BCUT2D eigenvalue weighted by molar-refractivity contribution is 7.88. The Morgan fingerprint density at radius 3 is 2.92 bits per heavy atom. The van der Waals surface area contributed by atoms with Gasteiger partial charge in [0, 0.05) is 32.4 Å². The number of carbonyl (C=O) groups is 1. The van der Waals surface area contributed by atoms with E-state index in [2.05, 4.69) is 15.4 Å². The Balaban J connectivity index is 1.60. The zero-order valence-corrected chi connectivity index (χ0v) is 15.3. The molecule has 0 radical (unpaired) electrons. The molecule has 136 valence electrons. The van der Waals surface area contributed by atoms with Gasteiger partial charge in [-0.05, 0) is 25.3 Å². The van der Waals surface area contributed by atoms with Gasteiger partial charge < -0.3 is 5.32 Å². The molecule has 25 heavy (non-hydrogen) atoms. The van der Waals surface area contributed by atoms with Crippen molar-refractivity contribution in [3.63, 3.8) is 0 Å². The van der Waals surface area contributed by atoms with Crippen molar-refractivity contribution in [3.8, 4) is 0 Å². The molecule has 1 N–H and O–H groups in total. The van der Waals surface area contributed by atoms with E-state index < -0.39 is 10.0 Å². The lowest BCUT2D eigenvalue weighted by molar-refractivity contribution is 0.0949. The van der Waals surface area contributed by atoms with Crippen LogP contribution >= 0.6 is 0 Å². The van der Waals surface area contributed by atoms with Crippen LogP contribution in [0.1, 0.15) is 36.0 Å². The Labute approximate surface area is 147 Å². The first-order valence-corrected chi connectivity index (χ1v) is 10.2. The number of nitrogens with zero attached hydrogens (tertiary/aromatic N) is 4. The van der Waals surface area contributed by atoms with Gasteiger partial charge in [-0.1, -0.05) is 6.42 Å². The molecule has 3 heterocycles. The van der Waals surface area contributed by atoms with Crippen LogP contribution in [-0.2, 0) is 17.1 Å². The van der Waals surface area contributed by atoms with Gasteiger partial charge >= 0.3 is 0 Å². The van der Waals surface area contributed by atoms with Crippen LogP contribution in [0.25, 0.3) is 11.0 Å². The second-order valence-electron chi connectivity index (χ2n) is 6.46. The summed E-state index contributed by atoms with van der Waals surface area (Å²) in [4.78, 5) is 16.6. The lowest BCUT2D eigenvalue weighted by Crippen LogP contribution is -2.44. The summed E-state index contributed by atoms with van der Waals surface area (Å²) in [5.74, 6) is -0.211. The van der Waals surface area contributed by atoms with Gasteiger partial charge in [-0.2, -0.15) is 9.40 Å². The van der Waals surface area contributed by atoms with E-state index in [1.165, 1.54) is 12.5 Å². The first-order valence-electron chi connectivity index (χ1n) is 8.39. The number of carbonyl (C=O) groups excluding carboxylic acids is 1. The van der Waals surface area contributed by atoms with Gasteiger partial charge in [-0.3, -0.25) is 14.5 Å². The van der Waals surface area contributed by atoms with Crippen molar-refractivity contribution < 1.29 is 13.2 Å². The second kappa shape index (κ2) is 7.09. The Morgan fingerprint density at radius 2 is 2.16 bits per heavy atom. The molecule has 1 aliphatic heterocycles. The van der Waals surface area contributed by atoms with E-state index in [9.17, 15) is 13.2 Å². The van der Waals surface area contributed by atoms with Crippen molar-refractivity contribution in [2.45, 2.75) is 31.7 Å². The van der Waals surface area contributed by atoms with Crippen molar-refractivity contribution >= 4 is 27.0 Å². The molecule has 1 fully saturated rings. The molecule has 1 saturated heterocycles. The fraction of sp³-hybridized carbons (Fsp3) is 0.562. The standard InChI is InChI=1S/C16H23N5O3S/c1-20-15-9-12(10-18-14(15)11-19-20)16(22)17-7-6-13-5-3-4-8-21(13)25(2,23)24/h9-11,13H,3-8H2,1-2H3,(H,17,22). The molecule has 0 bridgehead atoms. The quantitative estimate of drug-likeness (QED) is 0.849. The number of rotatable bonds is 5. The van der Waals surface area contributed by atoms with Crippen LogP contribution in [0.3, 0.4) is 0 Å². The minimum absolute atomic E-state index is 0.0401. The monoisotopic (exact) mass is 365 g/mol. The molecule has 1 amide bonds. The van der Waals surface area contributed by atoms with E-state index in [4.69, 9.17) is 0 Å². The van der Waals surface area contributed by atoms with Crippen LogP contribution in [0.4, 0.5) is 0 Å². The summed E-state index contributed by atoms with van der Waals surface area (Å²) in [6.45, 7) is 0.997. The number of hydrogen-bond donors (Lipinski definition) is 1. The van der Waals surface area contributed by atoms with Crippen molar-refractivity contribution in [1.29, 1.82) is 0 Å². The average Bonchev–Trinajstić information content (AvgIpc) is 2.95. The summed E-state index contributed by atoms with van der Waals surface area (Å²) in [5, 5.41) is 6.98. The van der Waals surface area contributed by atoms with Crippen LogP contribution in [0.15, 0.2) is 18.5 Å². The van der Waals surface area contributed by atoms with E-state index in [1.54, 1.807) is 28.3 Å². The number of hydrogen-bond acceptors (Lipinski definition) is 5. The maximum Gasteiger partial charge on any atom is 0.252 e. The lowest BCUT2D eigenvalue weighted by atomic mass is 10.0. The molecule has 2 aromatic heterocycles. The maximum atomic E-state index is 12.3. The third kappa shape index (κ3) is 3.98. The number of fused-ring (bicyclic) bond motifs is 1. The van der Waals surface area contributed by atoms with E-state index in [1.807, 2.05) is 0 Å². The highest BCUT2D eigenvalue weighted by Gasteiger charge is 2.28. The summed E-state index contributed by atoms with van der Waals surface area (Å²) in [5.41, 5.74) is 2.01. The summed E-state index contributed by atoms with van der Waals surface area (Å²) in [6.07, 6.45) is 7.80. The van der Waals surface area contributed by atoms with Crippen molar-refractivity contribution in [3.05, 3.63) is 24.0 Å². The normalized spacial score (nSPS) is 19.2. The molecule has 1 unspecified atom stereocenters. The Morgan fingerprint density at radius 1 is 1.36 bits per heavy atom. The van der Waals surface area contributed by atoms with Gasteiger partial charge in [0.05, 0.1) is 23.5 Å². The van der Waals surface area contributed by atoms with Crippen molar-refractivity contribution in [2.75, 3.05) is 19.3 Å². The number of aromatic nitrogens is 3. The minimum atomic E-state index is -3.20. The van der Waals surface area contributed by atoms with Gasteiger partial charge in [0.15, 0.2) is 0 Å². The topological polar surface area (TPSA) is 97.2 Å². The Kier molecular flexibility index (Phi) is 5.05. The van der Waals surface area contributed by atoms with Crippen LogP contribution < -0.4 is 5.32 Å². The highest BCUT2D eigenvalue weighted by Crippen LogP contribution is 2.22. The molecule has 0 saturated carbocycles. The smallest absolute Gasteiger partial charge is 0.252 e. The first-order chi connectivity index (χ1) is 11.9. The van der Waals surface area contributed by atoms with Gasteiger partial charge in [0.1, 0.15) is 5.52 Å². The number of aryl methyl sites for hydroxylation is 1. The fourth-order valence-electron chi connectivity index (χ4n) is 3.30. The van der Waals surface area contributed by atoms with E-state index in [-0.39, 0.29) is 11.9 Å². The average molecular weight is 365 g/mol. The molecule has 1 aliphatic rings. The van der Waals surface area contributed by atoms with Crippen molar-refractivity contribution in [2.24, 2.45) is 7.05 Å². The predicted molar refractivity (Wildman–Crippen MR) is 94.6 cm³/mol. The maximum absolute atomic E-state index is 12.3. The second-order valence-corrected chi connectivity index (χ2v) is 8.40. The van der Waals surface area contributed by atoms with Crippen molar-refractivity contribution in [1.82, 2.24) is 24.4 Å². The van der Waals surface area contributed by atoms with Gasteiger partial charge in [0.25, 0.3) is 5.91 Å². The van der Waals surface area contributed by atoms with Crippen LogP contribution in [0.2, 0.25) is 0 Å². The number of nitrogens with one attached hydrogen (secondary N) is 1. The Bertz CT molecular complexity index is 877. The number of pyridine rings is 1. The molecule has 0 spiro atoms. The molecule has 3 rings (SSSR count). The Hall–Kier alpha value is -2.00. The SMILES string of the molecule is Cn1ncc2ncc(C(=O)NCCC3CCCCN3S(C)(=O)=O)cc21. The molecule has 9 heteroatoms. The number of sulfonamides is 1. The van der Waals surface area contributed by atoms with E-state index in [0.29, 0.717) is 25.1 Å². The van der Waals surface area contributed by atoms with Gasteiger partial charge in [-0.15, -0.1) is 0 Å². The molecular weight excluding hydrogens is 342 g/mol. The third-order valence-corrected chi connectivity index (χ3v) is 5.96. The number of amides is 1. The summed E-state index contributed by atoms with van der Waals surface area (Å²) in [7, 11) is -1.40. The molecule has 0 aromatic carbocycles. The zero-order valence-electron chi connectivity index (χ0n) is 14.5. The summed E-state index contributed by atoms with van der Waals surface area (Å²) in [6, 6.07) is 1.72. The third-order valence-electron chi connectivity index (χ3n) is 4.62. The van der Waals surface area contributed by atoms with Gasteiger partial charge in [0.2, 0.25) is 10.0 Å². The zero-order chi connectivity index (χ0) is 18.0. The van der Waals surface area contributed by atoms with Crippen LogP contribution in [0, 0.1) is 0 Å². The minimum Gasteiger partial charge on any atom is -0.352 e. The molecule has 2 aromatic rings. The fourth-order valence-corrected chi connectivity index (χ4v) is 4.52. The largest absolute Gasteiger partial charge is 0.352 e.